The summed E-state index contributed by atoms with van der Waals surface area (Å²) in [6, 6.07) is 10.3. The molecule has 0 bridgehead atoms. The van der Waals surface area contributed by atoms with E-state index in [1.165, 1.54) is 17.3 Å². The van der Waals surface area contributed by atoms with Crippen LogP contribution in [-0.2, 0) is 0 Å². The number of pyridine rings is 1. The van der Waals surface area contributed by atoms with Gasteiger partial charge in [0.15, 0.2) is 0 Å². The molecule has 23 heavy (non-hydrogen) atoms. The van der Waals surface area contributed by atoms with E-state index in [0.717, 1.165) is 0 Å². The molecule has 0 aliphatic rings. The first kappa shape index (κ1) is 16.9. The van der Waals surface area contributed by atoms with Gasteiger partial charge < -0.3 is 10.2 Å². The summed E-state index contributed by atoms with van der Waals surface area (Å²) >= 11 is 0. The Bertz CT molecular complexity index is 683. The molecule has 0 saturated carbocycles. The maximum atomic E-state index is 10.8. The maximum absolute atomic E-state index is 10.8. The number of nitro groups is 1. The quantitative estimate of drug-likeness (QED) is 0.654. The van der Waals surface area contributed by atoms with Gasteiger partial charge in [-0.15, -0.1) is 0 Å². The van der Waals surface area contributed by atoms with Gasteiger partial charge in [-0.1, -0.05) is 29.8 Å². The zero-order chi connectivity index (χ0) is 17.0. The van der Waals surface area contributed by atoms with Crippen LogP contribution in [0.5, 0.6) is 0 Å². The SMILES string of the molecule is Cc1ccc(C(CNc2cc(C)c([N+](=O)[O-])cn2)N(C)C)cc1. The molecule has 2 aromatic rings. The fourth-order valence-corrected chi connectivity index (χ4v) is 2.43. The zero-order valence-electron chi connectivity index (χ0n) is 13.9. The Morgan fingerprint density at radius 3 is 2.43 bits per heavy atom. The molecule has 6 heteroatoms. The molecule has 0 aliphatic carbocycles. The molecular weight excluding hydrogens is 292 g/mol. The third-order valence-electron chi connectivity index (χ3n) is 3.84. The van der Waals surface area contributed by atoms with Gasteiger partial charge in [0.2, 0.25) is 0 Å². The summed E-state index contributed by atoms with van der Waals surface area (Å²) in [5.74, 6) is 0.645. The second kappa shape index (κ2) is 7.19. The Balaban J connectivity index is 2.11. The zero-order valence-corrected chi connectivity index (χ0v) is 13.9. The van der Waals surface area contributed by atoms with Crippen LogP contribution in [0.3, 0.4) is 0 Å². The van der Waals surface area contributed by atoms with E-state index in [9.17, 15) is 10.1 Å². The summed E-state index contributed by atoms with van der Waals surface area (Å²) in [6.07, 6.45) is 1.30. The summed E-state index contributed by atoms with van der Waals surface area (Å²) in [6.45, 7) is 4.45. The van der Waals surface area contributed by atoms with Gasteiger partial charge in [0.25, 0.3) is 5.69 Å². The molecule has 0 aliphatic heterocycles. The number of anilines is 1. The lowest BCUT2D eigenvalue weighted by molar-refractivity contribution is -0.385. The molecule has 1 unspecified atom stereocenters. The van der Waals surface area contributed by atoms with Crippen LogP contribution in [0.15, 0.2) is 36.5 Å². The molecule has 0 spiro atoms. The van der Waals surface area contributed by atoms with Crippen LogP contribution in [0, 0.1) is 24.0 Å². The molecule has 0 amide bonds. The molecule has 1 heterocycles. The number of nitrogens with one attached hydrogen (secondary N) is 1. The van der Waals surface area contributed by atoms with Crippen molar-refractivity contribution < 1.29 is 4.92 Å². The Hall–Kier alpha value is -2.47. The lowest BCUT2D eigenvalue weighted by atomic mass is 10.0. The van der Waals surface area contributed by atoms with Crippen molar-refractivity contribution in [3.8, 4) is 0 Å². The Labute approximate surface area is 136 Å². The first-order valence-corrected chi connectivity index (χ1v) is 7.46. The van der Waals surface area contributed by atoms with Gasteiger partial charge in [-0.2, -0.15) is 0 Å². The van der Waals surface area contributed by atoms with Crippen molar-refractivity contribution in [1.29, 1.82) is 0 Å². The lowest BCUT2D eigenvalue weighted by Gasteiger charge is -2.25. The third-order valence-corrected chi connectivity index (χ3v) is 3.84. The summed E-state index contributed by atoms with van der Waals surface area (Å²) in [5.41, 5.74) is 3.08. The average Bonchev–Trinajstić information content (AvgIpc) is 2.48. The first-order chi connectivity index (χ1) is 10.9. The van der Waals surface area contributed by atoms with Gasteiger partial charge in [0.1, 0.15) is 12.0 Å². The van der Waals surface area contributed by atoms with E-state index in [2.05, 4.69) is 46.4 Å². The average molecular weight is 314 g/mol. The summed E-state index contributed by atoms with van der Waals surface area (Å²) in [5, 5.41) is 14.1. The van der Waals surface area contributed by atoms with Gasteiger partial charge in [-0.05, 0) is 39.6 Å². The second-order valence-corrected chi connectivity index (χ2v) is 5.88. The number of rotatable bonds is 6. The molecule has 1 atom stereocenters. The van der Waals surface area contributed by atoms with E-state index in [-0.39, 0.29) is 11.7 Å². The molecule has 0 fully saturated rings. The fraction of sp³-hybridized carbons (Fsp3) is 0.353. The largest absolute Gasteiger partial charge is 0.368 e. The highest BCUT2D eigenvalue weighted by Crippen LogP contribution is 2.22. The van der Waals surface area contributed by atoms with Crippen molar-refractivity contribution in [3.05, 3.63) is 63.3 Å². The Morgan fingerprint density at radius 2 is 1.91 bits per heavy atom. The van der Waals surface area contributed by atoms with Crippen molar-refractivity contribution in [3.63, 3.8) is 0 Å². The summed E-state index contributed by atoms with van der Waals surface area (Å²) in [4.78, 5) is 16.7. The molecule has 0 saturated heterocycles. The molecule has 1 aromatic heterocycles. The van der Waals surface area contributed by atoms with Gasteiger partial charge in [0, 0.05) is 12.1 Å². The van der Waals surface area contributed by atoms with Crippen LogP contribution in [0.25, 0.3) is 0 Å². The molecular formula is C17H22N4O2. The van der Waals surface area contributed by atoms with E-state index >= 15 is 0 Å². The van der Waals surface area contributed by atoms with Gasteiger partial charge >= 0.3 is 0 Å². The maximum Gasteiger partial charge on any atom is 0.290 e. The number of hydrogen-bond acceptors (Lipinski definition) is 5. The highest BCUT2D eigenvalue weighted by atomic mass is 16.6. The second-order valence-electron chi connectivity index (χ2n) is 5.88. The summed E-state index contributed by atoms with van der Waals surface area (Å²) in [7, 11) is 4.06. The molecule has 6 nitrogen and oxygen atoms in total. The van der Waals surface area contributed by atoms with E-state index in [4.69, 9.17) is 0 Å². The highest BCUT2D eigenvalue weighted by molar-refractivity contribution is 5.47. The van der Waals surface area contributed by atoms with E-state index in [0.29, 0.717) is 17.9 Å². The van der Waals surface area contributed by atoms with Gasteiger partial charge in [-0.3, -0.25) is 10.1 Å². The van der Waals surface area contributed by atoms with Crippen LogP contribution >= 0.6 is 0 Å². The normalized spacial score (nSPS) is 12.2. The number of aromatic nitrogens is 1. The van der Waals surface area contributed by atoms with Crippen molar-refractivity contribution in [1.82, 2.24) is 9.88 Å². The predicted octanol–water partition coefficient (Wildman–Crippen LogP) is 3.32. The number of benzene rings is 1. The minimum absolute atomic E-state index is 0.0400. The number of aryl methyl sites for hydroxylation is 2. The number of likely N-dealkylation sites (N-methyl/N-ethyl adjacent to an activating group) is 1. The third kappa shape index (κ3) is 4.26. The van der Waals surface area contributed by atoms with Crippen LogP contribution < -0.4 is 5.32 Å². The van der Waals surface area contributed by atoms with E-state index in [1.807, 2.05) is 14.1 Å². The molecule has 0 radical (unpaired) electrons. The molecule has 1 aromatic carbocycles. The molecule has 1 N–H and O–H groups in total. The highest BCUT2D eigenvalue weighted by Gasteiger charge is 2.15. The predicted molar refractivity (Wildman–Crippen MR) is 91.7 cm³/mol. The fourth-order valence-electron chi connectivity index (χ4n) is 2.43. The number of hydrogen-bond donors (Lipinski definition) is 1. The van der Waals surface area contributed by atoms with E-state index < -0.39 is 4.92 Å². The molecule has 122 valence electrons. The monoisotopic (exact) mass is 314 g/mol. The first-order valence-electron chi connectivity index (χ1n) is 7.46. The number of nitrogens with zero attached hydrogens (tertiary/aromatic N) is 3. The minimum Gasteiger partial charge on any atom is -0.368 e. The van der Waals surface area contributed by atoms with Crippen molar-refractivity contribution in [2.75, 3.05) is 26.0 Å². The summed E-state index contributed by atoms with van der Waals surface area (Å²) < 4.78 is 0. The van der Waals surface area contributed by atoms with Crippen LogP contribution in [-0.4, -0.2) is 35.4 Å². The topological polar surface area (TPSA) is 71.3 Å². The molecule has 2 rings (SSSR count). The van der Waals surface area contributed by atoms with Crippen LogP contribution in [0.2, 0.25) is 0 Å². The van der Waals surface area contributed by atoms with Crippen LogP contribution in [0.1, 0.15) is 22.7 Å². The Morgan fingerprint density at radius 1 is 1.26 bits per heavy atom. The lowest BCUT2D eigenvalue weighted by Crippen LogP contribution is -2.27. The Kier molecular flexibility index (Phi) is 5.28. The smallest absolute Gasteiger partial charge is 0.290 e. The van der Waals surface area contributed by atoms with Crippen molar-refractivity contribution in [2.45, 2.75) is 19.9 Å². The van der Waals surface area contributed by atoms with Gasteiger partial charge in [0.05, 0.1) is 11.0 Å². The van der Waals surface area contributed by atoms with Crippen LogP contribution in [0.4, 0.5) is 11.5 Å². The van der Waals surface area contributed by atoms with E-state index in [1.54, 1.807) is 13.0 Å². The standard InChI is InChI=1S/C17H22N4O2/c1-12-5-7-14(8-6-12)16(20(3)4)11-19-17-9-13(2)15(10-18-17)21(22)23/h5-10,16H,11H2,1-4H3,(H,18,19). The van der Waals surface area contributed by atoms with Crippen molar-refractivity contribution >= 4 is 11.5 Å². The van der Waals surface area contributed by atoms with Gasteiger partial charge in [-0.25, -0.2) is 4.98 Å². The minimum atomic E-state index is -0.416. The van der Waals surface area contributed by atoms with Crippen molar-refractivity contribution in [2.24, 2.45) is 0 Å².